The molecule has 1 amide bonds. The molecule has 31 heavy (non-hydrogen) atoms. The first-order valence-electron chi connectivity index (χ1n) is 10.5. The van der Waals surface area contributed by atoms with E-state index < -0.39 is 5.41 Å². The molecule has 164 valence electrons. The van der Waals surface area contributed by atoms with Crippen molar-refractivity contribution in [3.63, 3.8) is 0 Å². The van der Waals surface area contributed by atoms with Gasteiger partial charge in [0.1, 0.15) is 5.82 Å². The van der Waals surface area contributed by atoms with E-state index in [9.17, 15) is 4.79 Å². The van der Waals surface area contributed by atoms with Crippen molar-refractivity contribution in [1.82, 2.24) is 9.55 Å². The van der Waals surface area contributed by atoms with E-state index in [1.807, 2.05) is 49.9 Å². The van der Waals surface area contributed by atoms with Gasteiger partial charge in [0.25, 0.3) is 0 Å². The Kier molecular flexibility index (Phi) is 5.58. The highest BCUT2D eigenvalue weighted by Crippen LogP contribution is 2.38. The summed E-state index contributed by atoms with van der Waals surface area (Å²) in [7, 11) is 3.68. The van der Waals surface area contributed by atoms with Crippen molar-refractivity contribution in [3.05, 3.63) is 54.0 Å². The van der Waals surface area contributed by atoms with Crippen LogP contribution in [0.1, 0.15) is 32.3 Å². The van der Waals surface area contributed by atoms with Gasteiger partial charge in [-0.15, -0.1) is 0 Å². The van der Waals surface area contributed by atoms with Crippen molar-refractivity contribution >= 4 is 23.1 Å². The number of aromatic nitrogens is 2. The molecule has 1 saturated heterocycles. The lowest BCUT2D eigenvalue weighted by Crippen LogP contribution is -2.39. The molecule has 1 aromatic heterocycles. The monoisotopic (exact) mass is 422 g/mol. The molecule has 0 saturated carbocycles. The minimum Gasteiger partial charge on any atom is -0.383 e. The van der Waals surface area contributed by atoms with Crippen LogP contribution in [0.15, 0.2) is 48.0 Å². The third-order valence-electron chi connectivity index (χ3n) is 6.07. The maximum atomic E-state index is 12.2. The number of benzene rings is 1. The van der Waals surface area contributed by atoms with Gasteiger partial charge < -0.3 is 24.8 Å². The Hall–Kier alpha value is -3.13. The second-order valence-electron chi connectivity index (χ2n) is 8.65. The topological polar surface area (TPSA) is 83.8 Å². The number of ether oxygens (including phenoxy) is 1. The number of hydrogen-bond donors (Lipinski definition) is 2. The number of aryl methyl sites for hydroxylation is 1. The molecule has 1 unspecified atom stereocenters. The van der Waals surface area contributed by atoms with Crippen LogP contribution in [0.2, 0.25) is 0 Å². The number of rotatable bonds is 6. The molecule has 0 bridgehead atoms. The van der Waals surface area contributed by atoms with E-state index >= 15 is 0 Å². The summed E-state index contributed by atoms with van der Waals surface area (Å²) in [6.07, 6.45) is 5.84. The van der Waals surface area contributed by atoms with Gasteiger partial charge in [0.2, 0.25) is 5.91 Å². The van der Waals surface area contributed by atoms with Crippen LogP contribution in [0.4, 0.5) is 17.2 Å². The van der Waals surface area contributed by atoms with Crippen molar-refractivity contribution in [2.24, 2.45) is 12.0 Å². The predicted molar refractivity (Wildman–Crippen MR) is 122 cm³/mol. The van der Waals surface area contributed by atoms with Gasteiger partial charge in [0.15, 0.2) is 11.3 Å². The first-order valence-corrected chi connectivity index (χ1v) is 10.5. The Morgan fingerprint density at radius 2 is 2.26 bits per heavy atom. The first-order chi connectivity index (χ1) is 14.8. The van der Waals surface area contributed by atoms with Crippen molar-refractivity contribution in [2.75, 3.05) is 35.8 Å². The quantitative estimate of drug-likeness (QED) is 0.748. The molecule has 0 aliphatic carbocycles. The molecular formula is C23H30N6O2. The first kappa shape index (κ1) is 21.1. The van der Waals surface area contributed by atoms with Crippen LogP contribution >= 0.6 is 0 Å². The van der Waals surface area contributed by atoms with Crippen LogP contribution in [-0.2, 0) is 22.0 Å². The van der Waals surface area contributed by atoms with Gasteiger partial charge in [-0.25, -0.2) is 9.98 Å². The molecule has 0 radical (unpaired) electrons. The normalized spacial score (nSPS) is 20.0. The summed E-state index contributed by atoms with van der Waals surface area (Å²) in [4.78, 5) is 23.9. The SMILES string of the molecule is C=C(N=c1c(N2CCCC2COC)nccn1C)Nc1ccc2c(c1)NC(=O)C2(C)C. The zero-order valence-electron chi connectivity index (χ0n) is 18.6. The van der Waals surface area contributed by atoms with E-state index in [-0.39, 0.29) is 5.91 Å². The average Bonchev–Trinajstić information content (AvgIpc) is 3.26. The Labute approximate surface area is 182 Å². The summed E-state index contributed by atoms with van der Waals surface area (Å²) >= 11 is 0. The Balaban J connectivity index is 1.61. The van der Waals surface area contributed by atoms with Crippen molar-refractivity contribution in [1.29, 1.82) is 0 Å². The summed E-state index contributed by atoms with van der Waals surface area (Å²) in [6, 6.07) is 6.12. The maximum absolute atomic E-state index is 12.2. The zero-order chi connectivity index (χ0) is 22.2. The summed E-state index contributed by atoms with van der Waals surface area (Å²) in [5, 5.41) is 6.20. The third-order valence-corrected chi connectivity index (χ3v) is 6.07. The van der Waals surface area contributed by atoms with Gasteiger partial charge in [-0.3, -0.25) is 4.79 Å². The van der Waals surface area contributed by atoms with Crippen molar-refractivity contribution < 1.29 is 9.53 Å². The minimum absolute atomic E-state index is 0.00594. The number of hydrogen-bond acceptors (Lipinski definition) is 6. The second-order valence-corrected chi connectivity index (χ2v) is 8.65. The molecule has 8 nitrogen and oxygen atoms in total. The Morgan fingerprint density at radius 1 is 1.45 bits per heavy atom. The van der Waals surface area contributed by atoms with Gasteiger partial charge in [0.05, 0.1) is 18.1 Å². The molecule has 3 heterocycles. The van der Waals surface area contributed by atoms with Crippen LogP contribution in [-0.4, -0.2) is 41.8 Å². The molecule has 2 aliphatic heterocycles. The number of fused-ring (bicyclic) bond motifs is 1. The summed E-state index contributed by atoms with van der Waals surface area (Å²) in [5.41, 5.74) is 2.84. The molecule has 0 spiro atoms. The summed E-state index contributed by atoms with van der Waals surface area (Å²) < 4.78 is 7.35. The number of carbonyl (C=O) groups excluding carboxylic acids is 1. The number of nitrogens with one attached hydrogen (secondary N) is 2. The third kappa shape index (κ3) is 3.95. The Bertz CT molecular complexity index is 1090. The minimum atomic E-state index is -0.526. The van der Waals surface area contributed by atoms with Crippen LogP contribution in [0.3, 0.4) is 0 Å². The lowest BCUT2D eigenvalue weighted by Gasteiger charge is -2.25. The van der Waals surface area contributed by atoms with Crippen molar-refractivity contribution in [3.8, 4) is 0 Å². The van der Waals surface area contributed by atoms with Crippen LogP contribution < -0.4 is 21.0 Å². The molecule has 1 fully saturated rings. The molecule has 2 aliphatic rings. The molecule has 1 aromatic carbocycles. The number of anilines is 3. The van der Waals surface area contributed by atoms with E-state index in [4.69, 9.17) is 9.73 Å². The van der Waals surface area contributed by atoms with E-state index in [2.05, 4.69) is 27.1 Å². The molecule has 2 aromatic rings. The number of amides is 1. The lowest BCUT2D eigenvalue weighted by molar-refractivity contribution is -0.119. The summed E-state index contributed by atoms with van der Waals surface area (Å²) in [6.45, 7) is 9.53. The number of nitrogens with zero attached hydrogens (tertiary/aromatic N) is 4. The molecule has 1 atom stereocenters. The second kappa shape index (κ2) is 8.19. The smallest absolute Gasteiger partial charge is 0.234 e. The standard InChI is InChI=1S/C23H30N6O2/c1-15(25-16-8-9-18-19(13-16)27-22(30)23(18,2)3)26-21-20(24-10-12-28(21)4)29-11-6-7-17(29)14-31-5/h8-10,12-13,17,25H,1,6-7,11,14H2,2-5H3,(H,27,30). The van der Waals surface area contributed by atoms with Crippen LogP contribution in [0, 0.1) is 0 Å². The van der Waals surface area contributed by atoms with E-state index in [1.54, 1.807) is 13.3 Å². The van der Waals surface area contributed by atoms with Gasteiger partial charge in [-0.1, -0.05) is 12.6 Å². The zero-order valence-corrected chi connectivity index (χ0v) is 18.6. The van der Waals surface area contributed by atoms with Gasteiger partial charge in [-0.05, 0) is 44.4 Å². The van der Waals surface area contributed by atoms with Crippen LogP contribution in [0.25, 0.3) is 0 Å². The van der Waals surface area contributed by atoms with E-state index in [1.165, 1.54) is 0 Å². The molecule has 2 N–H and O–H groups in total. The van der Waals surface area contributed by atoms with Crippen LogP contribution in [0.5, 0.6) is 0 Å². The lowest BCUT2D eigenvalue weighted by atomic mass is 9.86. The van der Waals surface area contributed by atoms with E-state index in [0.29, 0.717) is 18.5 Å². The maximum Gasteiger partial charge on any atom is 0.234 e. The van der Waals surface area contributed by atoms with Gasteiger partial charge in [-0.2, -0.15) is 0 Å². The average molecular weight is 423 g/mol. The highest BCUT2D eigenvalue weighted by atomic mass is 16.5. The number of methoxy groups -OCH3 is 1. The van der Waals surface area contributed by atoms with Gasteiger partial charge in [0, 0.05) is 44.5 Å². The summed E-state index contributed by atoms with van der Waals surface area (Å²) in [5.74, 6) is 1.33. The molecule has 4 rings (SSSR count). The molecular weight excluding hydrogens is 392 g/mol. The Morgan fingerprint density at radius 3 is 3.03 bits per heavy atom. The highest BCUT2D eigenvalue weighted by Gasteiger charge is 2.38. The fourth-order valence-corrected chi connectivity index (χ4v) is 4.30. The highest BCUT2D eigenvalue weighted by molar-refractivity contribution is 6.06. The number of carbonyl (C=O) groups is 1. The largest absolute Gasteiger partial charge is 0.383 e. The fourth-order valence-electron chi connectivity index (χ4n) is 4.30. The predicted octanol–water partition coefficient (Wildman–Crippen LogP) is 2.75. The van der Waals surface area contributed by atoms with Gasteiger partial charge >= 0.3 is 0 Å². The fraction of sp³-hybridized carbons (Fsp3) is 0.435. The van der Waals surface area contributed by atoms with Crippen molar-refractivity contribution in [2.45, 2.75) is 38.1 Å². The molecule has 8 heteroatoms. The van der Waals surface area contributed by atoms with E-state index in [0.717, 1.165) is 47.6 Å².